The molecular weight excluding hydrogens is 322 g/mol. The summed E-state index contributed by atoms with van der Waals surface area (Å²) >= 11 is 0. The van der Waals surface area contributed by atoms with Crippen LogP contribution in [0.2, 0.25) is 0 Å². The highest BCUT2D eigenvalue weighted by atomic mass is 16.5. The molecule has 2 heterocycles. The highest BCUT2D eigenvalue weighted by molar-refractivity contribution is 5.96. The number of ether oxygens (including phenoxy) is 1. The Hall–Kier alpha value is -2.90. The largest absolute Gasteiger partial charge is 0.462 e. The number of aryl methyl sites for hydroxylation is 3. The van der Waals surface area contributed by atoms with E-state index in [2.05, 4.69) is 20.6 Å². The number of esters is 1. The molecule has 0 saturated carbocycles. The molecule has 0 saturated heterocycles. The summed E-state index contributed by atoms with van der Waals surface area (Å²) in [7, 11) is 0. The smallest absolute Gasteiger partial charge is 0.340 e. The Morgan fingerprint density at radius 2 is 2.08 bits per heavy atom. The molecule has 2 N–H and O–H groups in total. The van der Waals surface area contributed by atoms with Gasteiger partial charge >= 0.3 is 5.97 Å². The molecule has 0 aliphatic heterocycles. The lowest BCUT2D eigenvalue weighted by molar-refractivity contribution is -0.121. The summed E-state index contributed by atoms with van der Waals surface area (Å²) in [6.07, 6.45) is 1.48. The molecule has 2 rings (SSSR count). The standard InChI is InChI=1S/C17H23N5O3/c1-6-25-17(24)16-12(4)14(19-13(16)5)8-18-20-15(23)9-22-11(3)7-10(2)21-22/h7-8,19H,6,9H2,1-5H3,(H,20,23)/b18-8+. The van der Waals surface area contributed by atoms with Crippen LogP contribution in [0.3, 0.4) is 0 Å². The minimum Gasteiger partial charge on any atom is -0.462 e. The highest BCUT2D eigenvalue weighted by Gasteiger charge is 2.18. The Balaban J connectivity index is 2.02. The number of aromatic nitrogens is 3. The Bertz CT molecular complexity index is 817. The first-order chi connectivity index (χ1) is 11.8. The minimum absolute atomic E-state index is 0.0911. The number of carbonyl (C=O) groups excluding carboxylic acids is 2. The molecule has 8 heteroatoms. The monoisotopic (exact) mass is 345 g/mol. The van der Waals surface area contributed by atoms with Gasteiger partial charge in [0.1, 0.15) is 6.54 Å². The molecule has 0 unspecified atom stereocenters. The van der Waals surface area contributed by atoms with E-state index in [1.54, 1.807) is 25.5 Å². The van der Waals surface area contributed by atoms with Crippen molar-refractivity contribution in [1.82, 2.24) is 20.2 Å². The maximum Gasteiger partial charge on any atom is 0.340 e. The number of hydrogen-bond donors (Lipinski definition) is 2. The number of hydrogen-bond acceptors (Lipinski definition) is 5. The van der Waals surface area contributed by atoms with E-state index in [4.69, 9.17) is 4.74 Å². The maximum absolute atomic E-state index is 12.0. The number of H-pyrrole nitrogens is 1. The van der Waals surface area contributed by atoms with E-state index in [0.717, 1.165) is 17.0 Å². The fourth-order valence-corrected chi connectivity index (χ4v) is 2.59. The summed E-state index contributed by atoms with van der Waals surface area (Å²) in [6, 6.07) is 1.90. The summed E-state index contributed by atoms with van der Waals surface area (Å²) in [5, 5.41) is 8.17. The Morgan fingerprint density at radius 1 is 1.36 bits per heavy atom. The summed E-state index contributed by atoms with van der Waals surface area (Å²) in [4.78, 5) is 27.0. The van der Waals surface area contributed by atoms with Crippen molar-refractivity contribution in [2.75, 3.05) is 6.61 Å². The van der Waals surface area contributed by atoms with Crippen LogP contribution in [0, 0.1) is 27.7 Å². The van der Waals surface area contributed by atoms with E-state index in [-0.39, 0.29) is 18.4 Å². The average Bonchev–Trinajstić information content (AvgIpc) is 2.98. The molecule has 2 aromatic heterocycles. The molecule has 134 valence electrons. The van der Waals surface area contributed by atoms with Gasteiger partial charge in [0.15, 0.2) is 0 Å². The number of nitrogens with one attached hydrogen (secondary N) is 2. The van der Waals surface area contributed by atoms with E-state index >= 15 is 0 Å². The van der Waals surface area contributed by atoms with E-state index in [9.17, 15) is 9.59 Å². The van der Waals surface area contributed by atoms with Crippen molar-refractivity contribution in [1.29, 1.82) is 0 Å². The second kappa shape index (κ2) is 7.78. The fraction of sp³-hybridized carbons (Fsp3) is 0.412. The SMILES string of the molecule is CCOC(=O)c1c(C)[nH]c(/C=N/NC(=O)Cn2nc(C)cc2C)c1C. The highest BCUT2D eigenvalue weighted by Crippen LogP contribution is 2.17. The molecule has 8 nitrogen and oxygen atoms in total. The van der Waals surface area contributed by atoms with Crippen molar-refractivity contribution in [3.63, 3.8) is 0 Å². The van der Waals surface area contributed by atoms with E-state index in [1.807, 2.05) is 19.9 Å². The zero-order valence-corrected chi connectivity index (χ0v) is 15.1. The number of rotatable bonds is 6. The van der Waals surface area contributed by atoms with Gasteiger partial charge in [-0.2, -0.15) is 10.2 Å². The van der Waals surface area contributed by atoms with Gasteiger partial charge in [-0.05, 0) is 46.2 Å². The molecule has 0 aromatic carbocycles. The number of nitrogens with zero attached hydrogens (tertiary/aromatic N) is 3. The fourth-order valence-electron chi connectivity index (χ4n) is 2.59. The predicted molar refractivity (Wildman–Crippen MR) is 93.7 cm³/mol. The van der Waals surface area contributed by atoms with Gasteiger partial charge in [0.25, 0.3) is 5.91 Å². The van der Waals surface area contributed by atoms with Crippen molar-refractivity contribution in [2.45, 2.75) is 41.2 Å². The molecule has 0 fully saturated rings. The first-order valence-electron chi connectivity index (χ1n) is 8.02. The van der Waals surface area contributed by atoms with Crippen LogP contribution in [0.25, 0.3) is 0 Å². The van der Waals surface area contributed by atoms with Crippen LogP contribution in [0.15, 0.2) is 11.2 Å². The van der Waals surface area contributed by atoms with Crippen molar-refractivity contribution in [3.05, 3.63) is 40.0 Å². The van der Waals surface area contributed by atoms with Crippen LogP contribution in [0.1, 0.15) is 45.6 Å². The third-order valence-corrected chi connectivity index (χ3v) is 3.74. The van der Waals surface area contributed by atoms with Crippen LogP contribution in [0.4, 0.5) is 0 Å². The number of hydrazone groups is 1. The quantitative estimate of drug-likeness (QED) is 0.473. The summed E-state index contributed by atoms with van der Waals surface area (Å²) in [6.45, 7) is 9.51. The maximum atomic E-state index is 12.0. The molecule has 1 amide bonds. The molecule has 0 atom stereocenters. The molecule has 0 aliphatic rings. The van der Waals surface area contributed by atoms with Crippen molar-refractivity contribution in [2.24, 2.45) is 5.10 Å². The molecule has 25 heavy (non-hydrogen) atoms. The third kappa shape index (κ3) is 4.34. The first-order valence-corrected chi connectivity index (χ1v) is 8.02. The van der Waals surface area contributed by atoms with Crippen LogP contribution in [0.5, 0.6) is 0 Å². The summed E-state index contributed by atoms with van der Waals surface area (Å²) in [5.41, 5.74) is 6.80. The van der Waals surface area contributed by atoms with Crippen molar-refractivity contribution >= 4 is 18.1 Å². The zero-order chi connectivity index (χ0) is 18.6. The molecule has 2 aromatic rings. The topological polar surface area (TPSA) is 101 Å². The number of aromatic amines is 1. The van der Waals surface area contributed by atoms with Crippen LogP contribution >= 0.6 is 0 Å². The second-order valence-electron chi connectivity index (χ2n) is 5.76. The molecular formula is C17H23N5O3. The summed E-state index contributed by atoms with van der Waals surface area (Å²) < 4.78 is 6.66. The van der Waals surface area contributed by atoms with Crippen LogP contribution in [-0.2, 0) is 16.1 Å². The lowest BCUT2D eigenvalue weighted by atomic mass is 10.1. The van der Waals surface area contributed by atoms with Gasteiger partial charge in [-0.15, -0.1) is 0 Å². The Morgan fingerprint density at radius 3 is 2.68 bits per heavy atom. The second-order valence-corrected chi connectivity index (χ2v) is 5.76. The number of carbonyl (C=O) groups is 2. The van der Waals surface area contributed by atoms with Crippen molar-refractivity contribution < 1.29 is 14.3 Å². The van der Waals surface area contributed by atoms with Gasteiger partial charge in [0, 0.05) is 11.4 Å². The Kier molecular flexibility index (Phi) is 5.74. The predicted octanol–water partition coefficient (Wildman–Crippen LogP) is 1.77. The van der Waals surface area contributed by atoms with Crippen molar-refractivity contribution in [3.8, 4) is 0 Å². The third-order valence-electron chi connectivity index (χ3n) is 3.74. The van der Waals surface area contributed by atoms with Gasteiger partial charge in [0.2, 0.25) is 0 Å². The lowest BCUT2D eigenvalue weighted by Crippen LogP contribution is -2.24. The van der Waals surface area contributed by atoms with Gasteiger partial charge < -0.3 is 9.72 Å². The average molecular weight is 345 g/mol. The molecule has 0 bridgehead atoms. The summed E-state index contributed by atoms with van der Waals surface area (Å²) in [5.74, 6) is -0.657. The molecule has 0 radical (unpaired) electrons. The van der Waals surface area contributed by atoms with Crippen LogP contribution < -0.4 is 5.43 Å². The number of amides is 1. The van der Waals surface area contributed by atoms with Gasteiger partial charge in [-0.3, -0.25) is 9.48 Å². The van der Waals surface area contributed by atoms with E-state index < -0.39 is 0 Å². The van der Waals surface area contributed by atoms with Gasteiger partial charge in [-0.25, -0.2) is 10.2 Å². The van der Waals surface area contributed by atoms with Crippen LogP contribution in [-0.4, -0.2) is 39.5 Å². The van der Waals surface area contributed by atoms with E-state index in [1.165, 1.54) is 6.21 Å². The normalized spacial score (nSPS) is 11.1. The van der Waals surface area contributed by atoms with Gasteiger partial charge in [0.05, 0.1) is 29.8 Å². The first kappa shape index (κ1) is 18.4. The Labute approximate surface area is 146 Å². The molecule has 0 aliphatic carbocycles. The lowest BCUT2D eigenvalue weighted by Gasteiger charge is -2.03. The zero-order valence-electron chi connectivity index (χ0n) is 15.1. The molecule has 0 spiro atoms. The van der Waals surface area contributed by atoms with Gasteiger partial charge in [-0.1, -0.05) is 0 Å². The van der Waals surface area contributed by atoms with E-state index in [0.29, 0.717) is 23.6 Å². The minimum atomic E-state index is -0.373.